The fraction of sp³-hybridized carbons (Fsp3) is 0.500. The first-order valence-electron chi connectivity index (χ1n) is 8.62. The predicted molar refractivity (Wildman–Crippen MR) is 90.9 cm³/mol. The van der Waals surface area contributed by atoms with Crippen LogP contribution in [-0.2, 0) is 19.7 Å². The third-order valence-electron chi connectivity index (χ3n) is 5.00. The molecule has 2 saturated heterocycles. The summed E-state index contributed by atoms with van der Waals surface area (Å²) >= 11 is 0. The number of barbiturate groups is 1. The fourth-order valence-electron chi connectivity index (χ4n) is 3.45. The van der Waals surface area contributed by atoms with Gasteiger partial charge in [0.05, 0.1) is 13.2 Å². The lowest BCUT2D eigenvalue weighted by Gasteiger charge is -2.40. The Balaban J connectivity index is 1.83. The van der Waals surface area contributed by atoms with Gasteiger partial charge in [0.25, 0.3) is 5.91 Å². The minimum atomic E-state index is -1.35. The van der Waals surface area contributed by atoms with E-state index in [4.69, 9.17) is 4.74 Å². The van der Waals surface area contributed by atoms with Gasteiger partial charge in [-0.15, -0.1) is 0 Å². The van der Waals surface area contributed by atoms with Gasteiger partial charge < -0.3 is 4.74 Å². The Hall–Kier alpha value is -2.25. The van der Waals surface area contributed by atoms with E-state index >= 15 is 0 Å². The van der Waals surface area contributed by atoms with Crippen LogP contribution in [0.1, 0.15) is 18.9 Å². The summed E-state index contributed by atoms with van der Waals surface area (Å²) in [4.78, 5) is 41.4. The van der Waals surface area contributed by atoms with E-state index in [0.717, 1.165) is 13.1 Å². The van der Waals surface area contributed by atoms with Crippen molar-refractivity contribution >= 4 is 17.8 Å². The molecule has 7 heteroatoms. The van der Waals surface area contributed by atoms with E-state index in [1.165, 1.54) is 4.90 Å². The number of nitrogens with one attached hydrogen (secondary N) is 1. The minimum absolute atomic E-state index is 0.256. The van der Waals surface area contributed by atoms with Gasteiger partial charge in [0.2, 0.25) is 5.91 Å². The monoisotopic (exact) mass is 345 g/mol. The van der Waals surface area contributed by atoms with Crippen LogP contribution in [0.3, 0.4) is 0 Å². The second kappa shape index (κ2) is 7.33. The van der Waals surface area contributed by atoms with E-state index in [1.54, 1.807) is 31.2 Å². The second-order valence-electron chi connectivity index (χ2n) is 6.29. The van der Waals surface area contributed by atoms with Gasteiger partial charge >= 0.3 is 6.03 Å². The zero-order valence-electron chi connectivity index (χ0n) is 14.4. The number of rotatable bonds is 5. The minimum Gasteiger partial charge on any atom is -0.379 e. The highest BCUT2D eigenvalue weighted by molar-refractivity contribution is 6.22. The van der Waals surface area contributed by atoms with Gasteiger partial charge in [-0.05, 0) is 12.0 Å². The Morgan fingerprint density at radius 1 is 1.08 bits per heavy atom. The van der Waals surface area contributed by atoms with Crippen LogP contribution in [0.4, 0.5) is 4.79 Å². The van der Waals surface area contributed by atoms with Crippen LogP contribution in [0.5, 0.6) is 0 Å². The first-order valence-corrected chi connectivity index (χ1v) is 8.62. The van der Waals surface area contributed by atoms with E-state index in [0.29, 0.717) is 31.7 Å². The molecule has 3 rings (SSSR count). The Labute approximate surface area is 146 Å². The molecule has 0 spiro atoms. The molecule has 0 aromatic heterocycles. The van der Waals surface area contributed by atoms with Gasteiger partial charge in [-0.1, -0.05) is 37.3 Å². The van der Waals surface area contributed by atoms with Gasteiger partial charge in [-0.25, -0.2) is 4.79 Å². The van der Waals surface area contributed by atoms with E-state index < -0.39 is 23.3 Å². The first kappa shape index (κ1) is 17.6. The number of imide groups is 2. The zero-order valence-corrected chi connectivity index (χ0v) is 14.4. The molecule has 1 N–H and O–H groups in total. The van der Waals surface area contributed by atoms with Crippen molar-refractivity contribution in [3.63, 3.8) is 0 Å². The van der Waals surface area contributed by atoms with Crippen LogP contribution in [-0.4, -0.2) is 67.0 Å². The molecule has 7 nitrogen and oxygen atoms in total. The van der Waals surface area contributed by atoms with Crippen LogP contribution in [0, 0.1) is 0 Å². The molecule has 25 heavy (non-hydrogen) atoms. The van der Waals surface area contributed by atoms with E-state index in [1.807, 2.05) is 6.07 Å². The number of hydrogen-bond acceptors (Lipinski definition) is 5. The number of hydrogen-bond donors (Lipinski definition) is 1. The smallest absolute Gasteiger partial charge is 0.330 e. The van der Waals surface area contributed by atoms with Gasteiger partial charge in [-0.3, -0.25) is 24.7 Å². The maximum absolute atomic E-state index is 13.2. The molecule has 2 heterocycles. The molecule has 2 aliphatic heterocycles. The average molecular weight is 345 g/mol. The molecule has 0 bridgehead atoms. The summed E-state index contributed by atoms with van der Waals surface area (Å²) in [5, 5.41) is 2.37. The number of nitrogens with zero attached hydrogens (tertiary/aromatic N) is 2. The lowest BCUT2D eigenvalue weighted by molar-refractivity contribution is -0.145. The van der Waals surface area contributed by atoms with Crippen molar-refractivity contribution in [3.8, 4) is 0 Å². The maximum atomic E-state index is 13.2. The topological polar surface area (TPSA) is 79.0 Å². The molecule has 1 atom stereocenters. The molecule has 1 aromatic rings. The number of urea groups is 1. The first-order chi connectivity index (χ1) is 12.1. The lowest BCUT2D eigenvalue weighted by atomic mass is 9.75. The second-order valence-corrected chi connectivity index (χ2v) is 6.29. The van der Waals surface area contributed by atoms with Crippen molar-refractivity contribution in [3.05, 3.63) is 35.9 Å². The highest BCUT2D eigenvalue weighted by atomic mass is 16.5. The van der Waals surface area contributed by atoms with Crippen LogP contribution in [0.15, 0.2) is 30.3 Å². The zero-order chi connectivity index (χ0) is 17.9. The van der Waals surface area contributed by atoms with Crippen LogP contribution < -0.4 is 5.32 Å². The van der Waals surface area contributed by atoms with Crippen LogP contribution >= 0.6 is 0 Å². The maximum Gasteiger partial charge on any atom is 0.330 e. The average Bonchev–Trinajstić information content (AvgIpc) is 2.64. The molecule has 134 valence electrons. The van der Waals surface area contributed by atoms with E-state index in [2.05, 4.69) is 10.2 Å². The molecule has 0 radical (unpaired) electrons. The quantitative estimate of drug-likeness (QED) is 0.797. The molecule has 0 aliphatic carbocycles. The predicted octanol–water partition coefficient (Wildman–Crippen LogP) is 0.745. The number of carbonyl (C=O) groups is 3. The number of carbonyl (C=O) groups excluding carboxylic acids is 3. The van der Waals surface area contributed by atoms with E-state index in [9.17, 15) is 14.4 Å². The summed E-state index contributed by atoms with van der Waals surface area (Å²) in [6.45, 7) is 5.49. The number of benzene rings is 1. The standard InChI is InChI=1S/C18H23N3O4/c1-2-18(14-6-4-3-5-7-14)15(22)19-17(24)21(16(18)23)9-8-20-10-12-25-13-11-20/h3-7H,2,8-13H2,1H3,(H,19,22,24)/t18-/m1/s1. The molecule has 2 fully saturated rings. The van der Waals surface area contributed by atoms with Crippen molar-refractivity contribution < 1.29 is 19.1 Å². The number of morpholine rings is 1. The number of ether oxygens (including phenoxy) is 1. The third-order valence-corrected chi connectivity index (χ3v) is 5.00. The molecule has 0 saturated carbocycles. The van der Waals surface area contributed by atoms with Crippen LogP contribution in [0.2, 0.25) is 0 Å². The van der Waals surface area contributed by atoms with Gasteiger partial charge in [0.15, 0.2) is 5.41 Å². The fourth-order valence-corrected chi connectivity index (χ4v) is 3.45. The lowest BCUT2D eigenvalue weighted by Crippen LogP contribution is -2.66. The van der Waals surface area contributed by atoms with Crippen LogP contribution in [0.25, 0.3) is 0 Å². The Kier molecular flexibility index (Phi) is 5.15. The molecule has 1 aromatic carbocycles. The molecular weight excluding hydrogens is 322 g/mol. The Morgan fingerprint density at radius 2 is 1.76 bits per heavy atom. The summed E-state index contributed by atoms with van der Waals surface area (Å²) in [7, 11) is 0. The molecule has 4 amide bonds. The van der Waals surface area contributed by atoms with Crippen molar-refractivity contribution in [2.45, 2.75) is 18.8 Å². The Morgan fingerprint density at radius 3 is 2.40 bits per heavy atom. The Bertz CT molecular complexity index is 658. The summed E-state index contributed by atoms with van der Waals surface area (Å²) < 4.78 is 5.31. The van der Waals surface area contributed by atoms with Crippen molar-refractivity contribution in [1.82, 2.24) is 15.1 Å². The van der Waals surface area contributed by atoms with Crippen molar-refractivity contribution in [2.75, 3.05) is 39.4 Å². The van der Waals surface area contributed by atoms with Crippen molar-refractivity contribution in [1.29, 1.82) is 0 Å². The highest BCUT2D eigenvalue weighted by Crippen LogP contribution is 2.33. The summed E-state index contributed by atoms with van der Waals surface area (Å²) in [5.41, 5.74) is -0.732. The van der Waals surface area contributed by atoms with Crippen molar-refractivity contribution in [2.24, 2.45) is 0 Å². The molecule has 0 unspecified atom stereocenters. The number of amides is 4. The highest BCUT2D eigenvalue weighted by Gasteiger charge is 2.53. The van der Waals surface area contributed by atoms with Gasteiger partial charge in [-0.2, -0.15) is 0 Å². The molecular formula is C18H23N3O4. The summed E-state index contributed by atoms with van der Waals surface area (Å²) in [6, 6.07) is 8.31. The SMILES string of the molecule is CC[C@@]1(c2ccccc2)C(=O)NC(=O)N(CCN2CCOCC2)C1=O. The third kappa shape index (κ3) is 3.17. The molecule has 2 aliphatic rings. The summed E-state index contributed by atoms with van der Waals surface area (Å²) in [6.07, 6.45) is 0.295. The van der Waals surface area contributed by atoms with E-state index in [-0.39, 0.29) is 6.54 Å². The summed E-state index contributed by atoms with van der Waals surface area (Å²) in [5.74, 6) is -0.984. The normalized spacial score (nSPS) is 25.2. The van der Waals surface area contributed by atoms with Gasteiger partial charge in [0, 0.05) is 26.2 Å². The van der Waals surface area contributed by atoms with Gasteiger partial charge in [0.1, 0.15) is 0 Å². The largest absolute Gasteiger partial charge is 0.379 e.